The number of aliphatic carboxylic acids is 1. The zero-order valence-electron chi connectivity index (χ0n) is 29.1. The first-order valence-electron chi connectivity index (χ1n) is 17.9. The lowest BCUT2D eigenvalue weighted by molar-refractivity contribution is -0.213. The molecular formula is C38H61NO5. The van der Waals surface area contributed by atoms with Crippen LogP contribution < -0.4 is 5.32 Å². The average Bonchev–Trinajstić information content (AvgIpc) is 2.92. The Morgan fingerprint density at radius 3 is 2.30 bits per heavy atom. The predicted octanol–water partition coefficient (Wildman–Crippen LogP) is 8.48. The molecule has 8 atom stereocenters. The molecule has 0 aromatic rings. The summed E-state index contributed by atoms with van der Waals surface area (Å²) in [6, 6.07) is 0. The van der Waals surface area contributed by atoms with Crippen LogP contribution >= 0.6 is 0 Å². The highest BCUT2D eigenvalue weighted by Crippen LogP contribution is 2.75. The Hall–Kier alpha value is -1.85. The van der Waals surface area contributed by atoms with Gasteiger partial charge in [-0.1, -0.05) is 67.0 Å². The number of nitrogens with one attached hydrogen (secondary N) is 1. The van der Waals surface area contributed by atoms with Gasteiger partial charge >= 0.3 is 11.9 Å². The van der Waals surface area contributed by atoms with Gasteiger partial charge in [-0.15, -0.1) is 0 Å². The SMILES string of the molecule is CCCC(=O)O[C@H]1CC[C@]2(C)[C@H]3CC=C4[C@@H]5CC(C)(C)CC[C@]5(C(=O)NCCCC(=O)O)CC[C@@]4(C)[C@]3(C)CC[C@H]2C1(C)C. The number of carbonyl (C=O) groups excluding carboxylic acids is 2. The molecule has 0 spiro atoms. The first-order chi connectivity index (χ1) is 20.5. The van der Waals surface area contributed by atoms with E-state index in [1.165, 1.54) is 6.42 Å². The van der Waals surface area contributed by atoms with E-state index in [4.69, 9.17) is 9.84 Å². The van der Waals surface area contributed by atoms with Gasteiger partial charge in [0.2, 0.25) is 5.91 Å². The number of esters is 1. The molecule has 6 nitrogen and oxygen atoms in total. The minimum atomic E-state index is -0.809. The average molecular weight is 612 g/mol. The summed E-state index contributed by atoms with van der Waals surface area (Å²) < 4.78 is 6.15. The lowest BCUT2D eigenvalue weighted by Gasteiger charge is -2.71. The van der Waals surface area contributed by atoms with Gasteiger partial charge in [-0.2, -0.15) is 0 Å². The number of fused-ring (bicyclic) bond motifs is 7. The molecule has 6 heteroatoms. The maximum Gasteiger partial charge on any atom is 0.306 e. The molecule has 0 unspecified atom stereocenters. The fourth-order valence-electron chi connectivity index (χ4n) is 11.9. The molecule has 4 fully saturated rings. The third kappa shape index (κ3) is 5.17. The van der Waals surface area contributed by atoms with Crippen molar-refractivity contribution in [3.63, 3.8) is 0 Å². The lowest BCUT2D eigenvalue weighted by Crippen LogP contribution is -2.65. The molecule has 1 amide bonds. The molecule has 44 heavy (non-hydrogen) atoms. The highest BCUT2D eigenvalue weighted by molar-refractivity contribution is 5.84. The zero-order chi connectivity index (χ0) is 32.3. The Morgan fingerprint density at radius 1 is 0.909 bits per heavy atom. The summed E-state index contributed by atoms with van der Waals surface area (Å²) in [6.07, 6.45) is 14.9. The summed E-state index contributed by atoms with van der Waals surface area (Å²) in [5.41, 5.74) is 1.67. The lowest BCUT2D eigenvalue weighted by atomic mass is 9.33. The van der Waals surface area contributed by atoms with Gasteiger partial charge in [0.25, 0.3) is 0 Å². The van der Waals surface area contributed by atoms with Crippen molar-refractivity contribution in [2.24, 2.45) is 50.2 Å². The molecule has 0 saturated heterocycles. The molecule has 0 aromatic heterocycles. The number of carboxylic acid groups (broad SMARTS) is 1. The van der Waals surface area contributed by atoms with Crippen LogP contribution in [0.2, 0.25) is 0 Å². The van der Waals surface area contributed by atoms with Gasteiger partial charge < -0.3 is 15.2 Å². The Kier molecular flexibility index (Phi) is 8.71. The van der Waals surface area contributed by atoms with E-state index in [9.17, 15) is 14.4 Å². The van der Waals surface area contributed by atoms with Gasteiger partial charge in [0.05, 0.1) is 5.41 Å². The summed E-state index contributed by atoms with van der Waals surface area (Å²) in [4.78, 5) is 37.7. The Morgan fingerprint density at radius 2 is 1.61 bits per heavy atom. The number of carboxylic acids is 1. The van der Waals surface area contributed by atoms with Crippen LogP contribution in [-0.4, -0.2) is 35.6 Å². The van der Waals surface area contributed by atoms with E-state index in [0.29, 0.717) is 31.2 Å². The van der Waals surface area contributed by atoms with Crippen LogP contribution in [0.4, 0.5) is 0 Å². The van der Waals surface area contributed by atoms with E-state index in [1.807, 2.05) is 6.92 Å². The summed E-state index contributed by atoms with van der Waals surface area (Å²) in [5, 5.41) is 12.3. The van der Waals surface area contributed by atoms with E-state index in [1.54, 1.807) is 5.57 Å². The van der Waals surface area contributed by atoms with Crippen molar-refractivity contribution < 1.29 is 24.2 Å². The van der Waals surface area contributed by atoms with Gasteiger partial charge in [-0.05, 0) is 116 Å². The van der Waals surface area contributed by atoms with Crippen LogP contribution in [0.25, 0.3) is 0 Å². The second-order valence-electron chi connectivity index (χ2n) is 17.7. The quantitative estimate of drug-likeness (QED) is 0.163. The molecule has 0 radical (unpaired) electrons. The number of amides is 1. The van der Waals surface area contributed by atoms with Crippen LogP contribution in [-0.2, 0) is 19.1 Å². The maximum atomic E-state index is 14.1. The molecular weight excluding hydrogens is 550 g/mol. The van der Waals surface area contributed by atoms with Crippen molar-refractivity contribution in [2.45, 2.75) is 151 Å². The van der Waals surface area contributed by atoms with Crippen LogP contribution in [0.1, 0.15) is 145 Å². The Balaban J connectivity index is 1.45. The van der Waals surface area contributed by atoms with E-state index in [-0.39, 0.29) is 57.4 Å². The Bertz CT molecular complexity index is 1190. The van der Waals surface area contributed by atoms with Crippen molar-refractivity contribution in [1.82, 2.24) is 5.32 Å². The van der Waals surface area contributed by atoms with Gasteiger partial charge in [0.15, 0.2) is 0 Å². The molecule has 248 valence electrons. The molecule has 0 aromatic carbocycles. The van der Waals surface area contributed by atoms with Crippen molar-refractivity contribution in [2.75, 3.05) is 6.54 Å². The maximum absolute atomic E-state index is 14.1. The zero-order valence-corrected chi connectivity index (χ0v) is 29.1. The molecule has 4 saturated carbocycles. The fraction of sp³-hybridized carbons (Fsp3) is 0.868. The van der Waals surface area contributed by atoms with E-state index < -0.39 is 11.4 Å². The number of hydrogen-bond acceptors (Lipinski definition) is 4. The van der Waals surface area contributed by atoms with E-state index in [2.05, 4.69) is 59.9 Å². The van der Waals surface area contributed by atoms with Crippen molar-refractivity contribution in [1.29, 1.82) is 0 Å². The molecule has 5 aliphatic carbocycles. The number of hydrogen-bond donors (Lipinski definition) is 2. The summed E-state index contributed by atoms with van der Waals surface area (Å²) >= 11 is 0. The third-order valence-corrected chi connectivity index (χ3v) is 14.6. The molecule has 5 aliphatic rings. The highest BCUT2D eigenvalue weighted by Gasteiger charge is 2.69. The molecule has 0 bridgehead atoms. The van der Waals surface area contributed by atoms with Crippen LogP contribution in [0.15, 0.2) is 11.6 Å². The number of ether oxygens (including phenoxy) is 1. The number of carbonyl (C=O) groups is 3. The van der Waals surface area contributed by atoms with Gasteiger partial charge in [-0.25, -0.2) is 0 Å². The first kappa shape index (κ1) is 33.5. The summed E-state index contributed by atoms with van der Waals surface area (Å²) in [5.74, 6) is 0.608. The van der Waals surface area contributed by atoms with Crippen molar-refractivity contribution in [3.05, 3.63) is 11.6 Å². The summed E-state index contributed by atoms with van der Waals surface area (Å²) in [7, 11) is 0. The second kappa shape index (κ2) is 11.4. The van der Waals surface area contributed by atoms with Gasteiger partial charge in [-0.3, -0.25) is 14.4 Å². The van der Waals surface area contributed by atoms with Crippen LogP contribution in [0.5, 0.6) is 0 Å². The van der Waals surface area contributed by atoms with Crippen molar-refractivity contribution >= 4 is 17.8 Å². The largest absolute Gasteiger partial charge is 0.481 e. The van der Waals surface area contributed by atoms with Gasteiger partial charge in [0.1, 0.15) is 6.10 Å². The Labute approximate surface area is 266 Å². The van der Waals surface area contributed by atoms with Gasteiger partial charge in [0, 0.05) is 24.8 Å². The van der Waals surface area contributed by atoms with Crippen LogP contribution in [0, 0.1) is 50.2 Å². The predicted molar refractivity (Wildman–Crippen MR) is 174 cm³/mol. The highest BCUT2D eigenvalue weighted by atomic mass is 16.5. The fourth-order valence-corrected chi connectivity index (χ4v) is 11.9. The molecule has 2 N–H and O–H groups in total. The monoisotopic (exact) mass is 611 g/mol. The second-order valence-corrected chi connectivity index (χ2v) is 17.7. The molecule has 0 heterocycles. The smallest absolute Gasteiger partial charge is 0.306 e. The normalized spacial score (nSPS) is 42.0. The minimum absolute atomic E-state index is 0.0111. The van der Waals surface area contributed by atoms with E-state index >= 15 is 0 Å². The standard InChI is InChI=1S/C38H61NO5/c1-9-11-31(42)44-29-16-17-35(6)27(34(29,4)5)15-18-37(8)28(35)14-13-25-26-24-33(2,3)19-21-38(26,22-20-36(25,37)7)32(43)39-23-10-12-30(40)41/h13,26-29H,9-12,14-24H2,1-8H3,(H,39,43)(H,40,41)/t26-,27-,28+,29-,35-,36+,37+,38-/m0/s1. The number of allylic oxidation sites excluding steroid dienone is 2. The third-order valence-electron chi connectivity index (χ3n) is 14.6. The number of rotatable bonds is 8. The summed E-state index contributed by atoms with van der Waals surface area (Å²) in [6.45, 7) is 19.7. The van der Waals surface area contributed by atoms with Crippen molar-refractivity contribution in [3.8, 4) is 0 Å². The topological polar surface area (TPSA) is 92.7 Å². The molecule has 0 aliphatic heterocycles. The van der Waals surface area contributed by atoms with E-state index in [0.717, 1.165) is 64.2 Å². The first-order valence-corrected chi connectivity index (χ1v) is 17.9. The molecule has 5 rings (SSSR count). The van der Waals surface area contributed by atoms with Crippen LogP contribution in [0.3, 0.4) is 0 Å². The minimum Gasteiger partial charge on any atom is -0.481 e.